The third kappa shape index (κ3) is 2.44. The van der Waals surface area contributed by atoms with Crippen LogP contribution in [0, 0.1) is 5.92 Å². The standard InChI is InChI=1S/C9H19NO2/c1-8(6-11)10-4-2-3-9(5-10)7-12/h8-9,11-12H,2-7H2,1H3. The van der Waals surface area contributed by atoms with E-state index >= 15 is 0 Å². The summed E-state index contributed by atoms with van der Waals surface area (Å²) in [5.41, 5.74) is 0. The smallest absolute Gasteiger partial charge is 0.0584 e. The van der Waals surface area contributed by atoms with Crippen molar-refractivity contribution >= 4 is 0 Å². The molecule has 72 valence electrons. The van der Waals surface area contributed by atoms with Crippen LogP contribution in [0.25, 0.3) is 0 Å². The van der Waals surface area contributed by atoms with Gasteiger partial charge in [-0.1, -0.05) is 0 Å². The lowest BCUT2D eigenvalue weighted by atomic mass is 9.98. The Labute approximate surface area is 74.0 Å². The van der Waals surface area contributed by atoms with Gasteiger partial charge in [0.1, 0.15) is 0 Å². The average Bonchev–Trinajstić information content (AvgIpc) is 2.17. The van der Waals surface area contributed by atoms with Gasteiger partial charge in [0.15, 0.2) is 0 Å². The summed E-state index contributed by atoms with van der Waals surface area (Å²) in [6.07, 6.45) is 2.28. The lowest BCUT2D eigenvalue weighted by Crippen LogP contribution is -2.43. The van der Waals surface area contributed by atoms with Crippen LogP contribution in [-0.4, -0.2) is 47.5 Å². The Bertz CT molecular complexity index is 128. The van der Waals surface area contributed by atoms with Crippen molar-refractivity contribution in [2.24, 2.45) is 5.92 Å². The van der Waals surface area contributed by atoms with Gasteiger partial charge in [-0.15, -0.1) is 0 Å². The Morgan fingerprint density at radius 3 is 2.83 bits per heavy atom. The van der Waals surface area contributed by atoms with Crippen LogP contribution >= 0.6 is 0 Å². The van der Waals surface area contributed by atoms with Gasteiger partial charge in [-0.25, -0.2) is 0 Å². The molecule has 2 N–H and O–H groups in total. The maximum absolute atomic E-state index is 8.97. The normalized spacial score (nSPS) is 28.8. The molecule has 0 saturated carbocycles. The Kier molecular flexibility index (Phi) is 3.98. The van der Waals surface area contributed by atoms with Crippen molar-refractivity contribution in [2.45, 2.75) is 25.8 Å². The molecule has 2 atom stereocenters. The molecule has 3 nitrogen and oxygen atoms in total. The van der Waals surface area contributed by atoms with E-state index in [9.17, 15) is 0 Å². The first-order valence-electron chi connectivity index (χ1n) is 4.73. The molecule has 1 heterocycles. The zero-order valence-electron chi connectivity index (χ0n) is 7.74. The molecule has 0 aromatic heterocycles. The number of nitrogens with zero attached hydrogens (tertiary/aromatic N) is 1. The monoisotopic (exact) mass is 173 g/mol. The van der Waals surface area contributed by atoms with Crippen molar-refractivity contribution in [3.05, 3.63) is 0 Å². The van der Waals surface area contributed by atoms with E-state index in [2.05, 4.69) is 4.90 Å². The van der Waals surface area contributed by atoms with E-state index in [1.807, 2.05) is 6.92 Å². The summed E-state index contributed by atoms with van der Waals surface area (Å²) >= 11 is 0. The fourth-order valence-corrected chi connectivity index (χ4v) is 1.76. The highest BCUT2D eigenvalue weighted by Gasteiger charge is 2.22. The first-order chi connectivity index (χ1) is 5.77. The minimum Gasteiger partial charge on any atom is -0.396 e. The maximum Gasteiger partial charge on any atom is 0.0584 e. The topological polar surface area (TPSA) is 43.7 Å². The number of hydrogen-bond acceptors (Lipinski definition) is 3. The van der Waals surface area contributed by atoms with Crippen LogP contribution in [0.3, 0.4) is 0 Å². The van der Waals surface area contributed by atoms with Crippen molar-refractivity contribution in [1.29, 1.82) is 0 Å². The summed E-state index contributed by atoms with van der Waals surface area (Å²) in [6.45, 7) is 4.54. The molecule has 1 aliphatic rings. The predicted octanol–water partition coefficient (Wildman–Crippen LogP) is 0.0715. The van der Waals surface area contributed by atoms with Crippen molar-refractivity contribution in [3.63, 3.8) is 0 Å². The van der Waals surface area contributed by atoms with E-state index in [0.717, 1.165) is 25.9 Å². The molecule has 12 heavy (non-hydrogen) atoms. The lowest BCUT2D eigenvalue weighted by Gasteiger charge is -2.35. The fourth-order valence-electron chi connectivity index (χ4n) is 1.76. The number of aliphatic hydroxyl groups is 2. The molecule has 0 aromatic carbocycles. The van der Waals surface area contributed by atoms with E-state index in [1.54, 1.807) is 0 Å². The van der Waals surface area contributed by atoms with Crippen molar-refractivity contribution in [3.8, 4) is 0 Å². The summed E-state index contributed by atoms with van der Waals surface area (Å²) in [5.74, 6) is 0.424. The number of likely N-dealkylation sites (tertiary alicyclic amines) is 1. The zero-order valence-corrected chi connectivity index (χ0v) is 7.74. The summed E-state index contributed by atoms with van der Waals surface area (Å²) in [6, 6.07) is 0.249. The van der Waals surface area contributed by atoms with E-state index < -0.39 is 0 Å². The number of piperidine rings is 1. The van der Waals surface area contributed by atoms with Gasteiger partial charge in [0.2, 0.25) is 0 Å². The van der Waals surface area contributed by atoms with Crippen molar-refractivity contribution < 1.29 is 10.2 Å². The summed E-state index contributed by atoms with van der Waals surface area (Å²) in [7, 11) is 0. The average molecular weight is 173 g/mol. The molecule has 1 fully saturated rings. The Morgan fingerprint density at radius 1 is 1.50 bits per heavy atom. The minimum atomic E-state index is 0.220. The summed E-state index contributed by atoms with van der Waals surface area (Å²) < 4.78 is 0. The molecule has 0 aliphatic carbocycles. The van der Waals surface area contributed by atoms with Gasteiger partial charge >= 0.3 is 0 Å². The largest absolute Gasteiger partial charge is 0.396 e. The van der Waals surface area contributed by atoms with E-state index in [1.165, 1.54) is 0 Å². The zero-order chi connectivity index (χ0) is 8.97. The van der Waals surface area contributed by atoms with Crippen LogP contribution in [0.15, 0.2) is 0 Å². The van der Waals surface area contributed by atoms with Crippen LogP contribution in [-0.2, 0) is 0 Å². The summed E-state index contributed by atoms with van der Waals surface area (Å²) in [5, 5.41) is 17.9. The first kappa shape index (κ1) is 9.96. The highest BCUT2D eigenvalue weighted by molar-refractivity contribution is 4.75. The molecule has 0 amide bonds. The molecule has 2 unspecified atom stereocenters. The lowest BCUT2D eigenvalue weighted by molar-refractivity contribution is 0.0674. The molecule has 1 saturated heterocycles. The molecule has 0 bridgehead atoms. The fraction of sp³-hybridized carbons (Fsp3) is 1.00. The maximum atomic E-state index is 8.97. The Morgan fingerprint density at radius 2 is 2.25 bits per heavy atom. The molecule has 1 rings (SSSR count). The first-order valence-corrected chi connectivity index (χ1v) is 4.73. The molecule has 1 aliphatic heterocycles. The summed E-state index contributed by atoms with van der Waals surface area (Å²) in [4.78, 5) is 2.25. The van der Waals surface area contributed by atoms with E-state index in [4.69, 9.17) is 10.2 Å². The quantitative estimate of drug-likeness (QED) is 0.635. The minimum absolute atomic E-state index is 0.220. The van der Waals surface area contributed by atoms with Gasteiger partial charge in [-0.3, -0.25) is 4.90 Å². The van der Waals surface area contributed by atoms with Gasteiger partial charge in [-0.2, -0.15) is 0 Å². The van der Waals surface area contributed by atoms with Crippen molar-refractivity contribution in [2.75, 3.05) is 26.3 Å². The number of rotatable bonds is 3. The molecule has 0 spiro atoms. The number of aliphatic hydroxyl groups excluding tert-OH is 2. The molecule has 3 heteroatoms. The van der Waals surface area contributed by atoms with E-state index in [0.29, 0.717) is 5.92 Å². The van der Waals surface area contributed by atoms with Crippen LogP contribution in [0.5, 0.6) is 0 Å². The molecule has 0 aromatic rings. The Hall–Kier alpha value is -0.120. The molecular weight excluding hydrogens is 154 g/mol. The highest BCUT2D eigenvalue weighted by Crippen LogP contribution is 2.17. The molecule has 0 radical (unpaired) electrons. The van der Waals surface area contributed by atoms with Crippen LogP contribution in [0.1, 0.15) is 19.8 Å². The third-order valence-corrected chi connectivity index (χ3v) is 2.70. The van der Waals surface area contributed by atoms with Gasteiger partial charge in [0.05, 0.1) is 6.61 Å². The van der Waals surface area contributed by atoms with Gasteiger partial charge < -0.3 is 10.2 Å². The second-order valence-corrected chi connectivity index (χ2v) is 3.72. The van der Waals surface area contributed by atoms with Gasteiger partial charge in [0.25, 0.3) is 0 Å². The van der Waals surface area contributed by atoms with Crippen molar-refractivity contribution in [1.82, 2.24) is 4.90 Å². The van der Waals surface area contributed by atoms with E-state index in [-0.39, 0.29) is 19.3 Å². The second kappa shape index (κ2) is 4.80. The van der Waals surface area contributed by atoms with Crippen LogP contribution in [0.4, 0.5) is 0 Å². The third-order valence-electron chi connectivity index (χ3n) is 2.70. The highest BCUT2D eigenvalue weighted by atomic mass is 16.3. The second-order valence-electron chi connectivity index (χ2n) is 3.72. The van der Waals surface area contributed by atoms with Crippen LogP contribution < -0.4 is 0 Å². The Balaban J connectivity index is 2.34. The van der Waals surface area contributed by atoms with Gasteiger partial charge in [0, 0.05) is 19.2 Å². The van der Waals surface area contributed by atoms with Crippen LogP contribution in [0.2, 0.25) is 0 Å². The predicted molar refractivity (Wildman–Crippen MR) is 47.9 cm³/mol. The number of hydrogen-bond donors (Lipinski definition) is 2. The molecular formula is C9H19NO2. The van der Waals surface area contributed by atoms with Gasteiger partial charge in [-0.05, 0) is 32.2 Å². The SMILES string of the molecule is CC(CO)N1CCCC(CO)C1.